The van der Waals surface area contributed by atoms with Crippen molar-refractivity contribution in [2.24, 2.45) is 0 Å². The molecule has 0 bridgehead atoms. The Bertz CT molecular complexity index is 320. The lowest BCUT2D eigenvalue weighted by Gasteiger charge is -2.41. The van der Waals surface area contributed by atoms with Gasteiger partial charge in [-0.3, -0.25) is 0 Å². The zero-order valence-electron chi connectivity index (χ0n) is 9.67. The van der Waals surface area contributed by atoms with Crippen LogP contribution >= 0.6 is 11.6 Å². The lowest BCUT2D eigenvalue weighted by Crippen LogP contribution is -2.53. The van der Waals surface area contributed by atoms with Crippen LogP contribution in [-0.2, 0) is 0 Å². The Morgan fingerprint density at radius 1 is 1.31 bits per heavy atom. The predicted molar refractivity (Wildman–Crippen MR) is 73.3 cm³/mol. The molecule has 1 aromatic carbocycles. The van der Waals surface area contributed by atoms with Crippen LogP contribution in [0.1, 0.15) is 0 Å². The molecule has 1 aliphatic rings. The summed E-state index contributed by atoms with van der Waals surface area (Å²) in [6.07, 6.45) is 0. The van der Waals surface area contributed by atoms with Crippen molar-refractivity contribution in [1.29, 1.82) is 0 Å². The molecule has 1 saturated heterocycles. The molecule has 0 spiro atoms. The third-order valence-corrected chi connectivity index (χ3v) is 3.64. The van der Waals surface area contributed by atoms with Crippen LogP contribution in [0.5, 0.6) is 0 Å². The fraction of sp³-hybridized carbons (Fsp3) is 0.500. The summed E-state index contributed by atoms with van der Waals surface area (Å²) < 4.78 is 0. The topological polar surface area (TPSA) is 6.48 Å². The molecule has 0 aliphatic carbocycles. The van der Waals surface area contributed by atoms with E-state index in [0.717, 1.165) is 25.4 Å². The third kappa shape index (κ3) is 2.74. The van der Waals surface area contributed by atoms with Gasteiger partial charge in [0.15, 0.2) is 7.12 Å². The summed E-state index contributed by atoms with van der Waals surface area (Å²) in [5.41, 5.74) is 1.31. The van der Waals surface area contributed by atoms with E-state index in [-0.39, 0.29) is 0 Å². The first-order valence-corrected chi connectivity index (χ1v) is 6.68. The first-order valence-electron chi connectivity index (χ1n) is 5.63. The molecule has 0 amide bonds. The molecule has 1 aromatic rings. The van der Waals surface area contributed by atoms with Crippen LogP contribution in [0.3, 0.4) is 0 Å². The van der Waals surface area contributed by atoms with Crippen LogP contribution in [-0.4, -0.2) is 50.5 Å². The first-order chi connectivity index (χ1) is 7.81. The highest BCUT2D eigenvalue weighted by molar-refractivity contribution is 8.19. The maximum atomic E-state index is 5.62. The molecule has 0 aromatic heterocycles. The van der Waals surface area contributed by atoms with Crippen LogP contribution in [0.2, 0.25) is 0 Å². The summed E-state index contributed by atoms with van der Waals surface area (Å²) in [6, 6.07) is 11.1. The van der Waals surface area contributed by atoms with Gasteiger partial charge in [0.1, 0.15) is 0 Å². The zero-order valence-corrected chi connectivity index (χ0v) is 10.5. The Balaban J connectivity index is 2.12. The normalized spacial score (nSPS) is 22.3. The Hall–Kier alpha value is -0.605. The van der Waals surface area contributed by atoms with Gasteiger partial charge in [0.2, 0.25) is 0 Å². The van der Waals surface area contributed by atoms with E-state index < -0.39 is 0 Å². The van der Waals surface area contributed by atoms with Crippen molar-refractivity contribution in [2.45, 2.75) is 6.04 Å². The van der Waals surface area contributed by atoms with Gasteiger partial charge in [-0.15, -0.1) is 0 Å². The monoisotopic (exact) mass is 232 g/mol. The first kappa shape index (κ1) is 11.9. The summed E-state index contributed by atoms with van der Waals surface area (Å²) in [4.78, 5) is 4.85. The maximum Gasteiger partial charge on any atom is 0.161 e. The molecule has 4 heteroatoms. The minimum absolute atomic E-state index is 0.524. The Morgan fingerprint density at radius 3 is 2.75 bits per heavy atom. The molecule has 2 rings (SSSR count). The molecule has 1 atom stereocenters. The fourth-order valence-electron chi connectivity index (χ4n) is 2.22. The van der Waals surface area contributed by atoms with Crippen molar-refractivity contribution in [3.8, 4) is 0 Å². The number of para-hydroxylation sites is 1. The van der Waals surface area contributed by atoms with Crippen molar-refractivity contribution in [3.63, 3.8) is 0 Å². The second-order valence-corrected chi connectivity index (χ2v) is 4.95. The number of likely N-dealkylation sites (N-methyl/N-ethyl adjacent to an activating group) is 1. The number of anilines is 1. The molecular formula is C12H17BN2S. The molecule has 84 valence electrons. The molecule has 2 nitrogen and oxygen atoms in total. The number of hydrogen-bond donors (Lipinski definition) is 0. The number of nitrogens with zero attached hydrogens (tertiary/aromatic N) is 2. The second-order valence-electron chi connectivity index (χ2n) is 4.28. The lowest BCUT2D eigenvalue weighted by atomic mass is 10.1. The van der Waals surface area contributed by atoms with Crippen LogP contribution in [0.15, 0.2) is 30.3 Å². The van der Waals surface area contributed by atoms with Gasteiger partial charge in [-0.2, -0.15) is 0 Å². The molecule has 2 radical (unpaired) electrons. The lowest BCUT2D eigenvalue weighted by molar-refractivity contribution is 0.277. The maximum absolute atomic E-state index is 5.62. The predicted octanol–water partition coefficient (Wildman–Crippen LogP) is 1.62. The van der Waals surface area contributed by atoms with Crippen LogP contribution in [0, 0.1) is 0 Å². The van der Waals surface area contributed by atoms with Crippen molar-refractivity contribution < 1.29 is 0 Å². The Kier molecular flexibility index (Phi) is 4.19. The molecule has 16 heavy (non-hydrogen) atoms. The van der Waals surface area contributed by atoms with E-state index in [9.17, 15) is 0 Å². The van der Waals surface area contributed by atoms with Gasteiger partial charge in [-0.05, 0) is 19.2 Å². The minimum atomic E-state index is 0.524. The van der Waals surface area contributed by atoms with E-state index in [1.54, 1.807) is 0 Å². The zero-order chi connectivity index (χ0) is 11.4. The summed E-state index contributed by atoms with van der Waals surface area (Å²) in [6.45, 7) is 3.31. The summed E-state index contributed by atoms with van der Waals surface area (Å²) in [5.74, 6) is 0.985. The standard InChI is InChI=1S/C12H17BN2S/c1-14-7-8-15(12(9-14)10-16-13)11-5-3-2-4-6-11/h2-6,12H,7-10H2,1H3. The van der Waals surface area contributed by atoms with E-state index in [0.29, 0.717) is 6.04 Å². The van der Waals surface area contributed by atoms with Crippen molar-refractivity contribution in [2.75, 3.05) is 37.3 Å². The van der Waals surface area contributed by atoms with Gasteiger partial charge in [0.25, 0.3) is 0 Å². The van der Waals surface area contributed by atoms with E-state index in [4.69, 9.17) is 7.12 Å². The number of benzene rings is 1. The van der Waals surface area contributed by atoms with E-state index in [2.05, 4.69) is 47.2 Å². The van der Waals surface area contributed by atoms with Gasteiger partial charge in [-0.1, -0.05) is 18.2 Å². The largest absolute Gasteiger partial charge is 0.365 e. The van der Waals surface area contributed by atoms with Gasteiger partial charge in [0.05, 0.1) is 0 Å². The molecular weight excluding hydrogens is 215 g/mol. The van der Waals surface area contributed by atoms with Crippen LogP contribution < -0.4 is 4.90 Å². The molecule has 1 fully saturated rings. The average Bonchev–Trinajstić information content (AvgIpc) is 2.31. The highest BCUT2D eigenvalue weighted by atomic mass is 32.2. The SMILES string of the molecule is [B]SCC1CN(C)CCN1c1ccccc1. The third-order valence-electron chi connectivity index (χ3n) is 3.06. The van der Waals surface area contributed by atoms with Crippen LogP contribution in [0.4, 0.5) is 5.69 Å². The fourth-order valence-corrected chi connectivity index (χ4v) is 2.73. The van der Waals surface area contributed by atoms with E-state index >= 15 is 0 Å². The van der Waals surface area contributed by atoms with Gasteiger partial charge < -0.3 is 9.80 Å². The molecule has 1 heterocycles. The Morgan fingerprint density at radius 2 is 2.06 bits per heavy atom. The average molecular weight is 232 g/mol. The minimum Gasteiger partial charge on any atom is -0.365 e. The summed E-state index contributed by atoms with van der Waals surface area (Å²) in [7, 11) is 7.79. The second kappa shape index (κ2) is 5.64. The molecule has 1 unspecified atom stereocenters. The van der Waals surface area contributed by atoms with Crippen molar-refractivity contribution in [1.82, 2.24) is 4.90 Å². The highest BCUT2D eigenvalue weighted by Gasteiger charge is 2.24. The number of piperazine rings is 1. The summed E-state index contributed by atoms with van der Waals surface area (Å²) >= 11 is 1.44. The smallest absolute Gasteiger partial charge is 0.161 e. The van der Waals surface area contributed by atoms with Gasteiger partial charge in [0, 0.05) is 37.1 Å². The van der Waals surface area contributed by atoms with E-state index in [1.807, 2.05) is 0 Å². The number of hydrogen-bond acceptors (Lipinski definition) is 3. The van der Waals surface area contributed by atoms with Crippen molar-refractivity contribution in [3.05, 3.63) is 30.3 Å². The molecule has 0 saturated carbocycles. The van der Waals surface area contributed by atoms with Crippen molar-refractivity contribution >= 4 is 24.4 Å². The van der Waals surface area contributed by atoms with Gasteiger partial charge in [-0.25, -0.2) is 11.6 Å². The number of rotatable bonds is 3. The summed E-state index contributed by atoms with van der Waals surface area (Å²) in [5, 5.41) is 0. The molecule has 1 aliphatic heterocycles. The highest BCUT2D eigenvalue weighted by Crippen LogP contribution is 2.21. The molecule has 0 N–H and O–H groups in total. The van der Waals surface area contributed by atoms with Gasteiger partial charge >= 0.3 is 0 Å². The Labute approximate surface area is 103 Å². The quantitative estimate of drug-likeness (QED) is 0.731. The van der Waals surface area contributed by atoms with Crippen LogP contribution in [0.25, 0.3) is 0 Å². The van der Waals surface area contributed by atoms with E-state index in [1.165, 1.54) is 17.3 Å².